The average Bonchev–Trinajstić information content (AvgIpc) is 2.45. The first-order valence-corrected chi connectivity index (χ1v) is 7.52. The van der Waals surface area contributed by atoms with Crippen LogP contribution in [0.5, 0.6) is 0 Å². The largest absolute Gasteiger partial charge is 0.0622 e. The van der Waals surface area contributed by atoms with Crippen LogP contribution in [0.1, 0.15) is 42.7 Å². The summed E-state index contributed by atoms with van der Waals surface area (Å²) in [5.41, 5.74) is 3.04. The van der Waals surface area contributed by atoms with Crippen LogP contribution in [0, 0.1) is 5.92 Å². The van der Waals surface area contributed by atoms with Crippen molar-refractivity contribution in [1.29, 1.82) is 0 Å². The summed E-state index contributed by atoms with van der Waals surface area (Å²) >= 11 is 0. The predicted molar refractivity (Wildman–Crippen MR) is 81.3 cm³/mol. The Morgan fingerprint density at radius 1 is 0.789 bits per heavy atom. The Hall–Kier alpha value is -1.56. The maximum absolute atomic E-state index is 2.30. The Morgan fingerprint density at radius 3 is 2.11 bits per heavy atom. The van der Waals surface area contributed by atoms with Crippen LogP contribution in [0.4, 0.5) is 0 Å². The summed E-state index contributed by atoms with van der Waals surface area (Å²) in [6.45, 7) is 0. The summed E-state index contributed by atoms with van der Waals surface area (Å²) < 4.78 is 0. The van der Waals surface area contributed by atoms with Gasteiger partial charge in [0.05, 0.1) is 0 Å². The molecular weight excluding hydrogens is 228 g/mol. The van der Waals surface area contributed by atoms with Crippen LogP contribution < -0.4 is 0 Å². The number of benzene rings is 2. The van der Waals surface area contributed by atoms with E-state index < -0.39 is 0 Å². The van der Waals surface area contributed by atoms with Gasteiger partial charge in [0.15, 0.2) is 0 Å². The Bertz CT molecular complexity index is 486. The Labute approximate surface area is 116 Å². The van der Waals surface area contributed by atoms with Crippen molar-refractivity contribution in [2.24, 2.45) is 5.92 Å². The fourth-order valence-electron chi connectivity index (χ4n) is 3.27. The van der Waals surface area contributed by atoms with Crippen molar-refractivity contribution in [3.63, 3.8) is 0 Å². The van der Waals surface area contributed by atoms with Gasteiger partial charge in [-0.2, -0.15) is 0 Å². The molecule has 1 fully saturated rings. The molecule has 98 valence electrons. The molecular formula is C19H22. The van der Waals surface area contributed by atoms with E-state index in [4.69, 9.17) is 0 Å². The van der Waals surface area contributed by atoms with Crippen molar-refractivity contribution in [2.45, 2.75) is 38.0 Å². The maximum Gasteiger partial charge on any atom is -0.0133 e. The molecule has 3 rings (SSSR count). The van der Waals surface area contributed by atoms with Gasteiger partial charge in [-0.1, -0.05) is 60.7 Å². The molecule has 0 radical (unpaired) electrons. The van der Waals surface area contributed by atoms with E-state index in [-0.39, 0.29) is 0 Å². The van der Waals surface area contributed by atoms with Gasteiger partial charge in [-0.25, -0.2) is 0 Å². The third-order valence-electron chi connectivity index (χ3n) is 4.53. The van der Waals surface area contributed by atoms with Gasteiger partial charge in [-0.05, 0) is 55.1 Å². The van der Waals surface area contributed by atoms with Crippen molar-refractivity contribution in [3.8, 4) is 0 Å². The first kappa shape index (κ1) is 12.5. The van der Waals surface area contributed by atoms with Crippen LogP contribution in [0.3, 0.4) is 0 Å². The smallest absolute Gasteiger partial charge is 0.0133 e. The van der Waals surface area contributed by atoms with Crippen LogP contribution in [0.15, 0.2) is 60.7 Å². The summed E-state index contributed by atoms with van der Waals surface area (Å²) in [5, 5.41) is 0. The molecule has 0 aromatic heterocycles. The SMILES string of the molecule is c1ccc(CCCC2CCC2c2ccccc2)cc1. The molecule has 0 bridgehead atoms. The molecule has 2 unspecified atom stereocenters. The van der Waals surface area contributed by atoms with E-state index in [1.54, 1.807) is 5.56 Å². The van der Waals surface area contributed by atoms with E-state index in [1.807, 2.05) is 0 Å². The molecule has 2 aromatic rings. The van der Waals surface area contributed by atoms with Gasteiger partial charge in [-0.3, -0.25) is 0 Å². The van der Waals surface area contributed by atoms with Crippen molar-refractivity contribution in [2.75, 3.05) is 0 Å². The zero-order valence-corrected chi connectivity index (χ0v) is 11.5. The Balaban J connectivity index is 1.49. The van der Waals surface area contributed by atoms with E-state index in [2.05, 4.69) is 60.7 Å². The molecule has 1 aliphatic rings. The zero-order valence-electron chi connectivity index (χ0n) is 11.5. The van der Waals surface area contributed by atoms with E-state index in [0.717, 1.165) is 11.8 Å². The molecule has 0 N–H and O–H groups in total. The molecule has 19 heavy (non-hydrogen) atoms. The minimum Gasteiger partial charge on any atom is -0.0622 e. The fourth-order valence-corrected chi connectivity index (χ4v) is 3.27. The highest BCUT2D eigenvalue weighted by Crippen LogP contribution is 2.44. The maximum atomic E-state index is 2.30. The van der Waals surface area contributed by atoms with Crippen molar-refractivity contribution in [3.05, 3.63) is 71.8 Å². The second-order valence-corrected chi connectivity index (χ2v) is 5.73. The Morgan fingerprint density at radius 2 is 1.47 bits per heavy atom. The molecule has 0 heterocycles. The van der Waals surface area contributed by atoms with Gasteiger partial charge in [0.2, 0.25) is 0 Å². The lowest BCUT2D eigenvalue weighted by Crippen LogP contribution is -2.23. The molecule has 0 heteroatoms. The standard InChI is InChI=1S/C19H22/c1-3-8-16(9-4-1)10-7-13-18-14-15-19(18)17-11-5-2-6-12-17/h1-6,8-9,11-12,18-19H,7,10,13-15H2. The fraction of sp³-hybridized carbons (Fsp3) is 0.368. The molecule has 0 spiro atoms. The third kappa shape index (κ3) is 3.07. The number of aryl methyl sites for hydroxylation is 1. The highest BCUT2D eigenvalue weighted by atomic mass is 14.4. The van der Waals surface area contributed by atoms with E-state index in [0.29, 0.717) is 0 Å². The van der Waals surface area contributed by atoms with Crippen LogP contribution in [0.2, 0.25) is 0 Å². The minimum absolute atomic E-state index is 0.831. The van der Waals surface area contributed by atoms with E-state index >= 15 is 0 Å². The summed E-state index contributed by atoms with van der Waals surface area (Å²) in [5.74, 6) is 1.75. The molecule has 1 saturated carbocycles. The first-order valence-electron chi connectivity index (χ1n) is 7.52. The van der Waals surface area contributed by atoms with E-state index in [1.165, 1.54) is 37.7 Å². The van der Waals surface area contributed by atoms with Gasteiger partial charge < -0.3 is 0 Å². The average molecular weight is 250 g/mol. The minimum atomic E-state index is 0.831. The molecule has 0 nitrogen and oxygen atoms in total. The third-order valence-corrected chi connectivity index (χ3v) is 4.53. The summed E-state index contributed by atoms with van der Waals surface area (Å²) in [7, 11) is 0. The molecule has 2 aromatic carbocycles. The summed E-state index contributed by atoms with van der Waals surface area (Å²) in [4.78, 5) is 0. The van der Waals surface area contributed by atoms with Gasteiger partial charge in [-0.15, -0.1) is 0 Å². The van der Waals surface area contributed by atoms with Gasteiger partial charge in [0.1, 0.15) is 0 Å². The topological polar surface area (TPSA) is 0 Å². The van der Waals surface area contributed by atoms with Gasteiger partial charge in [0.25, 0.3) is 0 Å². The lowest BCUT2D eigenvalue weighted by Gasteiger charge is -2.37. The molecule has 0 saturated heterocycles. The molecule has 1 aliphatic carbocycles. The Kier molecular flexibility index (Phi) is 3.98. The molecule has 0 amide bonds. The zero-order chi connectivity index (χ0) is 12.9. The lowest BCUT2D eigenvalue weighted by molar-refractivity contribution is 0.234. The van der Waals surface area contributed by atoms with Gasteiger partial charge in [0, 0.05) is 0 Å². The molecule has 0 aliphatic heterocycles. The van der Waals surface area contributed by atoms with Crippen molar-refractivity contribution < 1.29 is 0 Å². The second kappa shape index (κ2) is 6.06. The van der Waals surface area contributed by atoms with Crippen LogP contribution in [-0.2, 0) is 6.42 Å². The van der Waals surface area contributed by atoms with Crippen LogP contribution >= 0.6 is 0 Å². The number of hydrogen-bond acceptors (Lipinski definition) is 0. The quantitative estimate of drug-likeness (QED) is 0.684. The highest BCUT2D eigenvalue weighted by molar-refractivity contribution is 5.22. The number of hydrogen-bond donors (Lipinski definition) is 0. The van der Waals surface area contributed by atoms with E-state index in [9.17, 15) is 0 Å². The normalized spacial score (nSPS) is 21.9. The predicted octanol–water partition coefficient (Wildman–Crippen LogP) is 5.20. The molecule has 2 atom stereocenters. The van der Waals surface area contributed by atoms with Crippen LogP contribution in [0.25, 0.3) is 0 Å². The number of rotatable bonds is 5. The second-order valence-electron chi connectivity index (χ2n) is 5.73. The summed E-state index contributed by atoms with van der Waals surface area (Å²) in [6, 6.07) is 21.9. The van der Waals surface area contributed by atoms with Gasteiger partial charge >= 0.3 is 0 Å². The first-order chi connectivity index (χ1) is 9.43. The van der Waals surface area contributed by atoms with Crippen molar-refractivity contribution in [1.82, 2.24) is 0 Å². The summed E-state index contributed by atoms with van der Waals surface area (Å²) in [6.07, 6.45) is 6.76. The monoisotopic (exact) mass is 250 g/mol. The highest BCUT2D eigenvalue weighted by Gasteiger charge is 2.30. The van der Waals surface area contributed by atoms with Crippen molar-refractivity contribution >= 4 is 0 Å². The lowest BCUT2D eigenvalue weighted by atomic mass is 9.68. The van der Waals surface area contributed by atoms with Crippen LogP contribution in [-0.4, -0.2) is 0 Å².